The minimum atomic E-state index is -0.222. The van der Waals surface area contributed by atoms with E-state index in [0.29, 0.717) is 25.3 Å². The van der Waals surface area contributed by atoms with E-state index in [1.165, 1.54) is 0 Å². The van der Waals surface area contributed by atoms with Crippen LogP contribution in [0.4, 0.5) is 0 Å². The van der Waals surface area contributed by atoms with Gasteiger partial charge in [0.25, 0.3) is 5.91 Å². The Bertz CT molecular complexity index is 724. The monoisotopic (exact) mass is 312 g/mol. The molecule has 23 heavy (non-hydrogen) atoms. The number of benzene rings is 1. The van der Waals surface area contributed by atoms with Crippen molar-refractivity contribution in [1.29, 1.82) is 0 Å². The molecule has 0 saturated carbocycles. The lowest BCUT2D eigenvalue weighted by Gasteiger charge is -2.31. The minimum Gasteiger partial charge on any atom is -0.466 e. The number of amides is 1. The summed E-state index contributed by atoms with van der Waals surface area (Å²) < 4.78 is 5.10. The summed E-state index contributed by atoms with van der Waals surface area (Å²) in [5, 5.41) is 0.846. The first-order chi connectivity index (χ1) is 11.2. The van der Waals surface area contributed by atoms with Gasteiger partial charge in [0.05, 0.1) is 23.6 Å². The van der Waals surface area contributed by atoms with Gasteiger partial charge in [0.1, 0.15) is 0 Å². The average molecular weight is 312 g/mol. The fraction of sp³-hybridized carbons (Fsp3) is 0.389. The highest BCUT2D eigenvalue weighted by atomic mass is 16.5. The number of hydrogen-bond acceptors (Lipinski definition) is 4. The van der Waals surface area contributed by atoms with E-state index < -0.39 is 0 Å². The summed E-state index contributed by atoms with van der Waals surface area (Å²) in [4.78, 5) is 30.9. The molecule has 5 heteroatoms. The summed E-state index contributed by atoms with van der Waals surface area (Å²) >= 11 is 0. The van der Waals surface area contributed by atoms with E-state index >= 15 is 0 Å². The van der Waals surface area contributed by atoms with Gasteiger partial charge in [0.15, 0.2) is 0 Å². The van der Waals surface area contributed by atoms with E-state index in [-0.39, 0.29) is 17.8 Å². The van der Waals surface area contributed by atoms with Crippen molar-refractivity contribution >= 4 is 22.8 Å². The second kappa shape index (κ2) is 6.77. The van der Waals surface area contributed by atoms with Crippen LogP contribution in [0.15, 0.2) is 36.5 Å². The fourth-order valence-electron chi connectivity index (χ4n) is 3.07. The molecular weight excluding hydrogens is 292 g/mol. The molecule has 0 aliphatic carbocycles. The van der Waals surface area contributed by atoms with Crippen molar-refractivity contribution in [2.45, 2.75) is 19.8 Å². The summed E-state index contributed by atoms with van der Waals surface area (Å²) in [6.45, 7) is 3.27. The Morgan fingerprint density at radius 3 is 2.96 bits per heavy atom. The Balaban J connectivity index is 1.83. The van der Waals surface area contributed by atoms with Crippen LogP contribution in [-0.4, -0.2) is 41.5 Å². The van der Waals surface area contributed by atoms with Crippen LogP contribution in [0.5, 0.6) is 0 Å². The Morgan fingerprint density at radius 1 is 1.30 bits per heavy atom. The number of hydrogen-bond donors (Lipinski definition) is 0. The van der Waals surface area contributed by atoms with E-state index in [2.05, 4.69) is 4.98 Å². The number of nitrogens with zero attached hydrogens (tertiary/aromatic N) is 2. The van der Waals surface area contributed by atoms with Crippen LogP contribution in [0.2, 0.25) is 0 Å². The van der Waals surface area contributed by atoms with Gasteiger partial charge in [-0.3, -0.25) is 14.6 Å². The Morgan fingerprint density at radius 2 is 2.13 bits per heavy atom. The SMILES string of the molecule is CCOC(=O)C1CCCN(C(=O)c2ccnc3ccccc23)C1. The molecule has 1 aromatic heterocycles. The number of fused-ring (bicyclic) bond motifs is 1. The Hall–Kier alpha value is -2.43. The van der Waals surface area contributed by atoms with E-state index in [1.54, 1.807) is 24.1 Å². The van der Waals surface area contributed by atoms with Gasteiger partial charge in [0.2, 0.25) is 0 Å². The number of esters is 1. The van der Waals surface area contributed by atoms with Crippen molar-refractivity contribution in [2.75, 3.05) is 19.7 Å². The number of piperidine rings is 1. The van der Waals surface area contributed by atoms with Crippen LogP contribution in [0, 0.1) is 5.92 Å². The maximum atomic E-state index is 12.9. The zero-order valence-electron chi connectivity index (χ0n) is 13.2. The summed E-state index contributed by atoms with van der Waals surface area (Å²) in [6, 6.07) is 9.35. The first-order valence-corrected chi connectivity index (χ1v) is 8.00. The second-order valence-electron chi connectivity index (χ2n) is 5.72. The van der Waals surface area contributed by atoms with Gasteiger partial charge < -0.3 is 9.64 Å². The third kappa shape index (κ3) is 3.18. The lowest BCUT2D eigenvalue weighted by atomic mass is 9.97. The predicted molar refractivity (Wildman–Crippen MR) is 87.0 cm³/mol. The molecule has 0 spiro atoms. The first kappa shape index (κ1) is 15.5. The smallest absolute Gasteiger partial charge is 0.310 e. The number of carbonyl (C=O) groups is 2. The normalized spacial score (nSPS) is 18.0. The zero-order chi connectivity index (χ0) is 16.2. The molecule has 0 bridgehead atoms. The number of carbonyl (C=O) groups excluding carboxylic acids is 2. The van der Waals surface area contributed by atoms with E-state index in [0.717, 1.165) is 23.7 Å². The van der Waals surface area contributed by atoms with Crippen molar-refractivity contribution in [1.82, 2.24) is 9.88 Å². The van der Waals surface area contributed by atoms with Crippen LogP contribution in [-0.2, 0) is 9.53 Å². The van der Waals surface area contributed by atoms with Crippen molar-refractivity contribution < 1.29 is 14.3 Å². The van der Waals surface area contributed by atoms with Gasteiger partial charge in [-0.1, -0.05) is 18.2 Å². The standard InChI is InChI=1S/C18H20N2O3/c1-2-23-18(22)13-6-5-11-20(12-13)17(21)15-9-10-19-16-8-4-3-7-14(15)16/h3-4,7-10,13H,2,5-6,11-12H2,1H3. The number of rotatable bonds is 3. The first-order valence-electron chi connectivity index (χ1n) is 8.00. The van der Waals surface area contributed by atoms with Crippen molar-refractivity contribution in [2.24, 2.45) is 5.92 Å². The van der Waals surface area contributed by atoms with Gasteiger partial charge >= 0.3 is 5.97 Å². The van der Waals surface area contributed by atoms with Gasteiger partial charge in [-0.15, -0.1) is 0 Å². The predicted octanol–water partition coefficient (Wildman–Crippen LogP) is 2.65. The zero-order valence-corrected chi connectivity index (χ0v) is 13.2. The molecular formula is C18H20N2O3. The summed E-state index contributed by atoms with van der Waals surface area (Å²) in [6.07, 6.45) is 3.25. The molecule has 1 fully saturated rings. The molecule has 0 N–H and O–H groups in total. The summed E-state index contributed by atoms with van der Waals surface area (Å²) in [7, 11) is 0. The average Bonchev–Trinajstić information content (AvgIpc) is 2.61. The van der Waals surface area contributed by atoms with Gasteiger partial charge in [0, 0.05) is 24.7 Å². The quantitative estimate of drug-likeness (QED) is 0.818. The Kier molecular flexibility index (Phi) is 4.55. The lowest BCUT2D eigenvalue weighted by Crippen LogP contribution is -2.42. The molecule has 1 unspecified atom stereocenters. The number of aromatic nitrogens is 1. The van der Waals surface area contributed by atoms with Crippen molar-refractivity contribution in [3.05, 3.63) is 42.1 Å². The lowest BCUT2D eigenvalue weighted by molar-refractivity contribution is -0.149. The van der Waals surface area contributed by atoms with E-state index in [9.17, 15) is 9.59 Å². The fourth-order valence-corrected chi connectivity index (χ4v) is 3.07. The number of pyridine rings is 1. The van der Waals surface area contributed by atoms with Crippen LogP contribution >= 0.6 is 0 Å². The van der Waals surface area contributed by atoms with Gasteiger partial charge in [-0.05, 0) is 31.9 Å². The highest BCUT2D eigenvalue weighted by Gasteiger charge is 2.30. The maximum Gasteiger partial charge on any atom is 0.310 e. The number of para-hydroxylation sites is 1. The molecule has 1 amide bonds. The molecule has 5 nitrogen and oxygen atoms in total. The van der Waals surface area contributed by atoms with E-state index in [1.807, 2.05) is 24.3 Å². The van der Waals surface area contributed by atoms with Crippen molar-refractivity contribution in [3.63, 3.8) is 0 Å². The Labute approximate surface area is 135 Å². The molecule has 1 atom stereocenters. The summed E-state index contributed by atoms with van der Waals surface area (Å²) in [5.41, 5.74) is 1.44. The van der Waals surface area contributed by atoms with Gasteiger partial charge in [-0.2, -0.15) is 0 Å². The van der Waals surface area contributed by atoms with Crippen LogP contribution in [0.25, 0.3) is 10.9 Å². The third-order valence-corrected chi connectivity index (χ3v) is 4.21. The molecule has 2 aromatic rings. The molecule has 120 valence electrons. The topological polar surface area (TPSA) is 59.5 Å². The molecule has 1 aliphatic heterocycles. The van der Waals surface area contributed by atoms with Crippen molar-refractivity contribution in [3.8, 4) is 0 Å². The van der Waals surface area contributed by atoms with E-state index in [4.69, 9.17) is 4.74 Å². The molecule has 1 aliphatic rings. The summed E-state index contributed by atoms with van der Waals surface area (Å²) in [5.74, 6) is -0.470. The number of ether oxygens (including phenoxy) is 1. The highest BCUT2D eigenvalue weighted by Crippen LogP contribution is 2.23. The second-order valence-corrected chi connectivity index (χ2v) is 5.72. The highest BCUT2D eigenvalue weighted by molar-refractivity contribution is 6.06. The molecule has 1 aromatic carbocycles. The molecule has 2 heterocycles. The number of likely N-dealkylation sites (tertiary alicyclic amines) is 1. The largest absolute Gasteiger partial charge is 0.466 e. The van der Waals surface area contributed by atoms with Crippen LogP contribution < -0.4 is 0 Å². The molecule has 0 radical (unpaired) electrons. The molecule has 1 saturated heterocycles. The van der Waals surface area contributed by atoms with Gasteiger partial charge in [-0.25, -0.2) is 0 Å². The minimum absolute atomic E-state index is 0.0439. The molecule has 3 rings (SSSR count). The van der Waals surface area contributed by atoms with Crippen LogP contribution in [0.1, 0.15) is 30.1 Å². The third-order valence-electron chi connectivity index (χ3n) is 4.21. The van der Waals surface area contributed by atoms with Crippen LogP contribution in [0.3, 0.4) is 0 Å². The maximum absolute atomic E-state index is 12.9.